The van der Waals surface area contributed by atoms with E-state index in [-0.39, 0.29) is 53.4 Å². The summed E-state index contributed by atoms with van der Waals surface area (Å²) in [5.74, 6) is -0.956. The normalized spacial score (nSPS) is 22.5. The molecule has 3 N–H and O–H groups in total. The van der Waals surface area contributed by atoms with Gasteiger partial charge in [-0.25, -0.2) is 17.6 Å². The van der Waals surface area contributed by atoms with Crippen LogP contribution in [0.5, 0.6) is 5.75 Å². The Morgan fingerprint density at radius 2 is 1.75 bits per heavy atom. The van der Waals surface area contributed by atoms with Gasteiger partial charge in [0, 0.05) is 44.4 Å². The molecule has 0 saturated heterocycles. The second-order valence-electron chi connectivity index (χ2n) is 13.2. The second kappa shape index (κ2) is 17.3. The predicted molar refractivity (Wildman–Crippen MR) is 182 cm³/mol. The third-order valence-corrected chi connectivity index (χ3v) is 10.6. The first-order valence-electron chi connectivity index (χ1n) is 17.0. The van der Waals surface area contributed by atoms with Crippen LogP contribution < -0.4 is 14.8 Å². The molecule has 2 aromatic carbocycles. The standard InChI is InChI=1S/C35H51FN4O7S/c1-24-21-40(25(2)23-41)34(42)31-20-29(38-48(44,45)30-16-13-27(36)14-17-30)15-18-32(31)47-26(3)10-8-9-19-46-33(24)22-39(4)35(43)37-28-11-6-5-7-12-28/h13-18,20,24-26,28,33,38,41H,5-12,19,21-23H2,1-4H3,(H,37,43)/t24-,25-,26-,33-/m1/s1. The number of sulfonamides is 1. The van der Waals surface area contributed by atoms with E-state index in [2.05, 4.69) is 10.0 Å². The maximum Gasteiger partial charge on any atom is 0.317 e. The molecule has 2 aliphatic rings. The van der Waals surface area contributed by atoms with E-state index in [4.69, 9.17) is 9.47 Å². The third-order valence-electron chi connectivity index (χ3n) is 9.16. The van der Waals surface area contributed by atoms with Crippen molar-refractivity contribution in [1.29, 1.82) is 0 Å². The fourth-order valence-corrected chi connectivity index (χ4v) is 7.21. The van der Waals surface area contributed by atoms with Gasteiger partial charge >= 0.3 is 6.03 Å². The number of rotatable bonds is 8. The molecule has 0 radical (unpaired) electrons. The summed E-state index contributed by atoms with van der Waals surface area (Å²) in [6.07, 6.45) is 7.00. The number of aliphatic hydroxyl groups excluding tert-OH is 1. The predicted octanol–water partition coefficient (Wildman–Crippen LogP) is 5.40. The number of ether oxygens (including phenoxy) is 2. The highest BCUT2D eigenvalue weighted by Gasteiger charge is 2.31. The largest absolute Gasteiger partial charge is 0.490 e. The number of likely N-dealkylation sites (N-methyl/N-ethyl adjacent to an activating group) is 1. The molecule has 1 aliphatic heterocycles. The number of aliphatic hydroxyl groups is 1. The van der Waals surface area contributed by atoms with E-state index in [0.717, 1.165) is 62.8 Å². The summed E-state index contributed by atoms with van der Waals surface area (Å²) in [6, 6.07) is 8.38. The molecule has 48 heavy (non-hydrogen) atoms. The number of hydrogen-bond donors (Lipinski definition) is 3. The fourth-order valence-electron chi connectivity index (χ4n) is 6.16. The van der Waals surface area contributed by atoms with Gasteiger partial charge in [-0.3, -0.25) is 9.52 Å². The quantitative estimate of drug-likeness (QED) is 0.338. The maximum absolute atomic E-state index is 14.3. The van der Waals surface area contributed by atoms with Crippen molar-refractivity contribution >= 4 is 27.6 Å². The van der Waals surface area contributed by atoms with E-state index in [1.165, 1.54) is 18.6 Å². The van der Waals surface area contributed by atoms with Crippen LogP contribution in [0.25, 0.3) is 0 Å². The van der Waals surface area contributed by atoms with Gasteiger partial charge in [0.25, 0.3) is 15.9 Å². The van der Waals surface area contributed by atoms with Gasteiger partial charge in [-0.2, -0.15) is 0 Å². The number of halogens is 1. The smallest absolute Gasteiger partial charge is 0.317 e. The van der Waals surface area contributed by atoms with Crippen LogP contribution in [0.4, 0.5) is 14.9 Å². The minimum atomic E-state index is -4.09. The first kappa shape index (κ1) is 37.4. The Labute approximate surface area is 284 Å². The van der Waals surface area contributed by atoms with Crippen LogP contribution >= 0.6 is 0 Å². The monoisotopic (exact) mass is 690 g/mol. The Hall–Kier alpha value is -3.42. The van der Waals surface area contributed by atoms with Crippen molar-refractivity contribution in [1.82, 2.24) is 15.1 Å². The third kappa shape index (κ3) is 10.3. The fraction of sp³-hybridized carbons (Fsp3) is 0.600. The molecule has 4 atom stereocenters. The van der Waals surface area contributed by atoms with Gasteiger partial charge in [0.1, 0.15) is 11.6 Å². The lowest BCUT2D eigenvalue weighted by Gasteiger charge is -2.36. The van der Waals surface area contributed by atoms with Crippen molar-refractivity contribution in [2.75, 3.05) is 38.1 Å². The average molecular weight is 691 g/mol. The summed E-state index contributed by atoms with van der Waals surface area (Å²) in [4.78, 5) is 30.5. The first-order chi connectivity index (χ1) is 22.9. The average Bonchev–Trinajstić information content (AvgIpc) is 3.06. The molecule has 0 aromatic heterocycles. The lowest BCUT2D eigenvalue weighted by atomic mass is 9.96. The number of carbonyl (C=O) groups is 2. The topological polar surface area (TPSA) is 138 Å². The summed E-state index contributed by atoms with van der Waals surface area (Å²) in [7, 11) is -2.34. The minimum absolute atomic E-state index is 0.125. The molecule has 0 spiro atoms. The SMILES string of the molecule is C[C@@H]1CCCCO[C@H](CN(C)C(=O)NC2CCCCC2)[C@H](C)CN([C@H](C)CO)C(=O)c2cc(NS(=O)(=O)c3ccc(F)cc3)ccc2O1. The number of anilines is 1. The number of benzene rings is 2. The van der Waals surface area contributed by atoms with Crippen LogP contribution in [0.1, 0.15) is 82.5 Å². The van der Waals surface area contributed by atoms with Crippen molar-refractivity contribution in [3.63, 3.8) is 0 Å². The summed E-state index contributed by atoms with van der Waals surface area (Å²) < 4.78 is 54.7. The number of fused-ring (bicyclic) bond motifs is 1. The van der Waals surface area contributed by atoms with Crippen molar-refractivity contribution < 1.29 is 37.0 Å². The highest BCUT2D eigenvalue weighted by Crippen LogP contribution is 2.30. The highest BCUT2D eigenvalue weighted by atomic mass is 32.2. The molecular formula is C35H51FN4O7S. The zero-order chi connectivity index (χ0) is 34.8. The number of amides is 3. The minimum Gasteiger partial charge on any atom is -0.490 e. The van der Waals surface area contributed by atoms with Crippen LogP contribution in [-0.2, 0) is 14.8 Å². The lowest BCUT2D eigenvalue weighted by Crippen LogP contribution is -2.50. The van der Waals surface area contributed by atoms with Crippen LogP contribution in [0.2, 0.25) is 0 Å². The van der Waals surface area contributed by atoms with Crippen molar-refractivity contribution in [3.8, 4) is 5.75 Å². The molecule has 4 rings (SSSR count). The molecule has 2 aromatic rings. The van der Waals surface area contributed by atoms with Crippen LogP contribution in [0, 0.1) is 11.7 Å². The lowest BCUT2D eigenvalue weighted by molar-refractivity contribution is -0.0123. The molecule has 13 heteroatoms. The van der Waals surface area contributed by atoms with Gasteiger partial charge < -0.3 is 29.7 Å². The second-order valence-corrected chi connectivity index (χ2v) is 14.9. The van der Waals surface area contributed by atoms with Crippen molar-refractivity contribution in [3.05, 3.63) is 53.8 Å². The van der Waals surface area contributed by atoms with E-state index < -0.39 is 33.9 Å². The van der Waals surface area contributed by atoms with Crippen molar-refractivity contribution in [2.45, 2.75) is 101 Å². The van der Waals surface area contributed by atoms with Gasteiger partial charge in [-0.05, 0) is 88.4 Å². The van der Waals surface area contributed by atoms with Gasteiger partial charge in [-0.15, -0.1) is 0 Å². The Kier molecular flexibility index (Phi) is 13.5. The zero-order valence-electron chi connectivity index (χ0n) is 28.5. The molecule has 1 saturated carbocycles. The Balaban J connectivity index is 1.61. The Bertz CT molecular complexity index is 1470. The van der Waals surface area contributed by atoms with Gasteiger partial charge in [0.05, 0.1) is 35.3 Å². The van der Waals surface area contributed by atoms with E-state index >= 15 is 0 Å². The summed E-state index contributed by atoms with van der Waals surface area (Å²) in [5.41, 5.74) is 0.257. The van der Waals surface area contributed by atoms with Gasteiger partial charge in [0.2, 0.25) is 0 Å². The van der Waals surface area contributed by atoms with Gasteiger partial charge in [0.15, 0.2) is 0 Å². The van der Waals surface area contributed by atoms with Crippen molar-refractivity contribution in [2.24, 2.45) is 5.92 Å². The molecule has 1 aliphatic carbocycles. The first-order valence-corrected chi connectivity index (χ1v) is 18.5. The molecule has 3 amide bonds. The van der Waals surface area contributed by atoms with Gasteiger partial charge in [-0.1, -0.05) is 26.2 Å². The van der Waals surface area contributed by atoms with Crippen LogP contribution in [0.15, 0.2) is 47.4 Å². The zero-order valence-corrected chi connectivity index (χ0v) is 29.3. The molecule has 266 valence electrons. The number of nitrogens with one attached hydrogen (secondary N) is 2. The summed E-state index contributed by atoms with van der Waals surface area (Å²) in [5, 5.41) is 13.4. The number of carbonyl (C=O) groups excluding carboxylic acids is 2. The molecule has 0 bridgehead atoms. The number of urea groups is 1. The Morgan fingerprint density at radius 3 is 2.44 bits per heavy atom. The molecule has 1 fully saturated rings. The molecule has 1 heterocycles. The van der Waals surface area contributed by atoms with E-state index in [0.29, 0.717) is 25.3 Å². The maximum atomic E-state index is 14.3. The van der Waals surface area contributed by atoms with E-state index in [1.807, 2.05) is 13.8 Å². The summed E-state index contributed by atoms with van der Waals surface area (Å²) in [6.45, 7) is 6.29. The molecule has 0 unspecified atom stereocenters. The summed E-state index contributed by atoms with van der Waals surface area (Å²) >= 11 is 0. The Morgan fingerprint density at radius 1 is 1.06 bits per heavy atom. The van der Waals surface area contributed by atoms with E-state index in [9.17, 15) is 27.5 Å². The molecule has 11 nitrogen and oxygen atoms in total. The van der Waals surface area contributed by atoms with Crippen LogP contribution in [0.3, 0.4) is 0 Å². The van der Waals surface area contributed by atoms with Crippen LogP contribution in [-0.4, -0.2) is 92.9 Å². The number of hydrogen-bond acceptors (Lipinski definition) is 7. The number of nitrogens with zero attached hydrogens (tertiary/aromatic N) is 2. The van der Waals surface area contributed by atoms with E-state index in [1.54, 1.807) is 29.8 Å². The highest BCUT2D eigenvalue weighted by molar-refractivity contribution is 7.92. The molecular weight excluding hydrogens is 639 g/mol.